The Morgan fingerprint density at radius 2 is 1.48 bits per heavy atom. The highest BCUT2D eigenvalue weighted by molar-refractivity contribution is 5.65. The first kappa shape index (κ1) is 23.1. The van der Waals surface area contributed by atoms with E-state index in [1.807, 2.05) is 4.98 Å². The number of aromatic nitrogens is 2. The Morgan fingerprint density at radius 3 is 2.04 bits per heavy atom. The van der Waals surface area contributed by atoms with Crippen LogP contribution in [0.25, 0.3) is 0 Å². The number of carbonyl (C=O) groups excluding carboxylic acids is 1. The molecule has 0 aliphatic rings. The predicted molar refractivity (Wildman–Crippen MR) is 100 cm³/mol. The number of H-pyrrole nitrogens is 1. The topological polar surface area (TPSA) is 90.4 Å². The fourth-order valence-corrected chi connectivity index (χ4v) is 2.68. The van der Waals surface area contributed by atoms with E-state index in [2.05, 4.69) is 0 Å². The Balaban J connectivity index is 1.88. The zero-order valence-electron chi connectivity index (χ0n) is 16.1. The Labute approximate surface area is 158 Å². The number of aromatic amines is 1. The van der Waals surface area contributed by atoms with Gasteiger partial charge in [-0.15, -0.1) is 0 Å². The molecule has 0 radical (unpaired) electrons. The van der Waals surface area contributed by atoms with Gasteiger partial charge in [-0.2, -0.15) is 4.39 Å². The fraction of sp³-hybridized carbons (Fsp3) is 0.737. The molecule has 0 spiro atoms. The maximum absolute atomic E-state index is 13.1. The molecule has 0 saturated carbocycles. The van der Waals surface area contributed by atoms with Crippen LogP contribution in [0.4, 0.5) is 4.39 Å². The molecule has 0 atom stereocenters. The Hall–Kier alpha value is -1.96. The molecular formula is C19H31FN2O5. The van der Waals surface area contributed by atoms with Crippen molar-refractivity contribution in [3.63, 3.8) is 0 Å². The number of nitrogens with zero attached hydrogens (tertiary/aromatic N) is 1. The normalized spacial score (nSPS) is 10.9. The molecular weight excluding hydrogens is 355 g/mol. The second kappa shape index (κ2) is 14.1. The van der Waals surface area contributed by atoms with Crippen molar-refractivity contribution >= 4 is 5.97 Å². The van der Waals surface area contributed by atoms with Gasteiger partial charge in [0.1, 0.15) is 6.73 Å². The SMILES string of the molecule is CC(=O)OCCCCCCCCCCCCOCn1cc(F)c(=O)[nH]c1=O. The monoisotopic (exact) mass is 386 g/mol. The van der Waals surface area contributed by atoms with Crippen molar-refractivity contribution in [1.29, 1.82) is 0 Å². The van der Waals surface area contributed by atoms with Gasteiger partial charge in [0.2, 0.25) is 5.82 Å². The van der Waals surface area contributed by atoms with Crippen molar-refractivity contribution < 1.29 is 18.7 Å². The second-order valence-electron chi connectivity index (χ2n) is 6.62. The molecule has 7 nitrogen and oxygen atoms in total. The summed E-state index contributed by atoms with van der Waals surface area (Å²) in [6, 6.07) is 0. The third-order valence-electron chi connectivity index (χ3n) is 4.19. The minimum atomic E-state index is -1.02. The number of halogens is 1. The minimum Gasteiger partial charge on any atom is -0.466 e. The molecule has 0 aromatic carbocycles. The van der Waals surface area contributed by atoms with Crippen molar-refractivity contribution in [1.82, 2.24) is 9.55 Å². The fourth-order valence-electron chi connectivity index (χ4n) is 2.68. The Morgan fingerprint density at radius 1 is 0.963 bits per heavy atom. The number of carbonyl (C=O) groups is 1. The summed E-state index contributed by atoms with van der Waals surface area (Å²) in [6.07, 6.45) is 12.0. The molecule has 0 saturated heterocycles. The molecule has 0 aliphatic carbocycles. The standard InChI is InChI=1S/C19H31FN2O5/c1-16(23)27-13-11-9-7-5-3-2-4-6-8-10-12-26-15-22-14-17(20)18(24)21-19(22)25/h14H,2-13,15H2,1H3,(H,21,24,25). The molecule has 8 heteroatoms. The van der Waals surface area contributed by atoms with Gasteiger partial charge in [0.15, 0.2) is 0 Å². The van der Waals surface area contributed by atoms with Crippen LogP contribution in [-0.4, -0.2) is 28.7 Å². The molecule has 0 aliphatic heterocycles. The van der Waals surface area contributed by atoms with Crippen LogP contribution in [0.3, 0.4) is 0 Å². The largest absolute Gasteiger partial charge is 0.466 e. The second-order valence-corrected chi connectivity index (χ2v) is 6.62. The van der Waals surface area contributed by atoms with Crippen molar-refractivity contribution in [2.24, 2.45) is 0 Å². The van der Waals surface area contributed by atoms with Crippen LogP contribution in [-0.2, 0) is 21.0 Å². The first-order valence-electron chi connectivity index (χ1n) is 9.71. The van der Waals surface area contributed by atoms with E-state index in [0.717, 1.165) is 42.9 Å². The lowest BCUT2D eigenvalue weighted by Crippen LogP contribution is -2.32. The van der Waals surface area contributed by atoms with Crippen molar-refractivity contribution in [2.75, 3.05) is 13.2 Å². The molecule has 0 bridgehead atoms. The molecule has 154 valence electrons. The number of nitrogens with one attached hydrogen (secondary N) is 1. The number of esters is 1. The van der Waals surface area contributed by atoms with E-state index in [1.165, 1.54) is 39.0 Å². The Bertz CT molecular complexity index is 656. The van der Waals surface area contributed by atoms with E-state index in [1.54, 1.807) is 0 Å². The highest BCUT2D eigenvalue weighted by Crippen LogP contribution is 2.10. The average molecular weight is 386 g/mol. The quantitative estimate of drug-likeness (QED) is 0.369. The highest BCUT2D eigenvalue weighted by atomic mass is 19.1. The molecule has 1 heterocycles. The van der Waals surface area contributed by atoms with E-state index < -0.39 is 17.1 Å². The molecule has 0 amide bonds. The van der Waals surface area contributed by atoms with Gasteiger partial charge >= 0.3 is 11.7 Å². The summed E-state index contributed by atoms with van der Waals surface area (Å²) in [7, 11) is 0. The van der Waals surface area contributed by atoms with Crippen LogP contribution in [0.1, 0.15) is 71.1 Å². The summed E-state index contributed by atoms with van der Waals surface area (Å²) in [6.45, 7) is 2.39. The zero-order valence-corrected chi connectivity index (χ0v) is 16.1. The van der Waals surface area contributed by atoms with Crippen molar-refractivity contribution in [3.8, 4) is 0 Å². The average Bonchev–Trinajstić information content (AvgIpc) is 2.62. The summed E-state index contributed by atoms with van der Waals surface area (Å²) in [5.74, 6) is -1.21. The highest BCUT2D eigenvalue weighted by Gasteiger charge is 2.03. The third kappa shape index (κ3) is 11.4. The minimum absolute atomic E-state index is 0.0655. The van der Waals surface area contributed by atoms with Crippen LogP contribution in [0.15, 0.2) is 15.8 Å². The van der Waals surface area contributed by atoms with Gasteiger partial charge in [0.05, 0.1) is 12.8 Å². The molecule has 27 heavy (non-hydrogen) atoms. The first-order chi connectivity index (χ1) is 13.0. The number of hydrogen-bond acceptors (Lipinski definition) is 5. The van der Waals surface area contributed by atoms with E-state index in [-0.39, 0.29) is 12.7 Å². The van der Waals surface area contributed by atoms with E-state index in [9.17, 15) is 18.8 Å². The number of hydrogen-bond donors (Lipinski definition) is 1. The number of ether oxygens (including phenoxy) is 2. The molecule has 1 aromatic rings. The van der Waals surface area contributed by atoms with Crippen LogP contribution in [0.2, 0.25) is 0 Å². The Kier molecular flexibility index (Phi) is 12.1. The maximum Gasteiger partial charge on any atom is 0.330 e. The predicted octanol–water partition coefficient (Wildman–Crippen LogP) is 3.11. The van der Waals surface area contributed by atoms with Gasteiger partial charge in [-0.1, -0.05) is 51.4 Å². The van der Waals surface area contributed by atoms with Gasteiger partial charge < -0.3 is 9.47 Å². The van der Waals surface area contributed by atoms with Gasteiger partial charge in [0.25, 0.3) is 5.56 Å². The lowest BCUT2D eigenvalue weighted by molar-refractivity contribution is -0.141. The van der Waals surface area contributed by atoms with E-state index in [0.29, 0.717) is 13.2 Å². The third-order valence-corrected chi connectivity index (χ3v) is 4.19. The number of unbranched alkanes of at least 4 members (excludes halogenated alkanes) is 9. The molecule has 1 N–H and O–H groups in total. The first-order valence-corrected chi connectivity index (χ1v) is 9.71. The molecule has 1 aromatic heterocycles. The zero-order chi connectivity index (χ0) is 19.9. The smallest absolute Gasteiger partial charge is 0.330 e. The van der Waals surface area contributed by atoms with Crippen molar-refractivity contribution in [2.45, 2.75) is 77.9 Å². The summed E-state index contributed by atoms with van der Waals surface area (Å²) >= 11 is 0. The van der Waals surface area contributed by atoms with E-state index >= 15 is 0 Å². The van der Waals surface area contributed by atoms with Gasteiger partial charge in [0, 0.05) is 13.5 Å². The van der Waals surface area contributed by atoms with Gasteiger partial charge in [-0.25, -0.2) is 4.79 Å². The van der Waals surface area contributed by atoms with Gasteiger partial charge in [-0.3, -0.25) is 19.1 Å². The maximum atomic E-state index is 13.1. The number of rotatable bonds is 15. The van der Waals surface area contributed by atoms with Crippen molar-refractivity contribution in [3.05, 3.63) is 32.9 Å². The molecule has 1 rings (SSSR count). The lowest BCUT2D eigenvalue weighted by Gasteiger charge is -2.07. The van der Waals surface area contributed by atoms with Gasteiger partial charge in [-0.05, 0) is 12.8 Å². The summed E-state index contributed by atoms with van der Waals surface area (Å²) in [5, 5.41) is 0. The van der Waals surface area contributed by atoms with Crippen LogP contribution >= 0.6 is 0 Å². The summed E-state index contributed by atoms with van der Waals surface area (Å²) < 4.78 is 24.3. The summed E-state index contributed by atoms with van der Waals surface area (Å²) in [4.78, 5) is 34.8. The van der Waals surface area contributed by atoms with Crippen LogP contribution in [0.5, 0.6) is 0 Å². The van der Waals surface area contributed by atoms with Crippen LogP contribution < -0.4 is 11.2 Å². The summed E-state index contributed by atoms with van der Waals surface area (Å²) in [5.41, 5.74) is -1.69. The molecule has 0 unspecified atom stereocenters. The van der Waals surface area contributed by atoms with Crippen LogP contribution in [0, 0.1) is 5.82 Å². The lowest BCUT2D eigenvalue weighted by atomic mass is 10.1. The molecule has 0 fully saturated rings. The van der Waals surface area contributed by atoms with E-state index in [4.69, 9.17) is 9.47 Å².